The van der Waals surface area contributed by atoms with Gasteiger partial charge in [-0.2, -0.15) is 5.10 Å². The Morgan fingerprint density at radius 3 is 2.60 bits per heavy atom. The van der Waals surface area contributed by atoms with Gasteiger partial charge in [-0.25, -0.2) is 10.2 Å². The Morgan fingerprint density at radius 1 is 1.32 bits per heavy atom. The lowest BCUT2D eigenvalue weighted by atomic mass is 10.1. The fraction of sp³-hybridized carbons (Fsp3) is 0.412. The van der Waals surface area contributed by atoms with Crippen LogP contribution in [0.5, 0.6) is 0 Å². The number of halogens is 1. The second-order valence-electron chi connectivity index (χ2n) is 5.49. The number of amides is 2. The molecular weight excluding hydrogens is 346 g/mol. The molecule has 1 fully saturated rings. The van der Waals surface area contributed by atoms with Crippen molar-refractivity contribution in [1.82, 2.24) is 5.43 Å². The Hall–Kier alpha value is -2.41. The molecule has 0 spiro atoms. The summed E-state index contributed by atoms with van der Waals surface area (Å²) in [5.74, 6) is -1.64. The Bertz CT molecular complexity index is 688. The van der Waals surface area contributed by atoms with Crippen LogP contribution in [0.3, 0.4) is 0 Å². The first-order valence-electron chi connectivity index (χ1n) is 8.05. The van der Waals surface area contributed by atoms with Gasteiger partial charge in [0, 0.05) is 23.7 Å². The maximum atomic E-state index is 12.3. The van der Waals surface area contributed by atoms with Crippen molar-refractivity contribution in [2.24, 2.45) is 11.0 Å². The van der Waals surface area contributed by atoms with E-state index in [9.17, 15) is 14.4 Å². The van der Waals surface area contributed by atoms with Crippen LogP contribution in [-0.4, -0.2) is 36.6 Å². The minimum atomic E-state index is -0.560. The molecule has 1 aliphatic rings. The standard InChI is InChI=1S/C17H20ClN3O4/c1-3-14(17(24)25-4-2)19-20-16(23)11-9-15(22)21(10-11)13-7-5-12(18)6-8-13/h5-8,11H,3-4,9-10H2,1-2H3,(H,20,23)/b19-14+. The fourth-order valence-electron chi connectivity index (χ4n) is 2.45. The lowest BCUT2D eigenvalue weighted by molar-refractivity contribution is -0.135. The predicted octanol–water partition coefficient (Wildman–Crippen LogP) is 2.14. The molecule has 134 valence electrons. The summed E-state index contributed by atoms with van der Waals surface area (Å²) in [6, 6.07) is 6.84. The number of rotatable bonds is 6. The first-order chi connectivity index (χ1) is 12.0. The Kier molecular flexibility index (Phi) is 6.52. The monoisotopic (exact) mass is 365 g/mol. The minimum absolute atomic E-state index is 0.0881. The molecular formula is C17H20ClN3O4. The van der Waals surface area contributed by atoms with Gasteiger partial charge in [-0.05, 0) is 37.6 Å². The molecule has 8 heteroatoms. The number of hydrogen-bond acceptors (Lipinski definition) is 5. The number of nitrogens with one attached hydrogen (secondary N) is 1. The topological polar surface area (TPSA) is 88.1 Å². The summed E-state index contributed by atoms with van der Waals surface area (Å²) in [6.45, 7) is 3.92. The number of carbonyl (C=O) groups is 3. The number of nitrogens with zero attached hydrogens (tertiary/aromatic N) is 2. The highest BCUT2D eigenvalue weighted by atomic mass is 35.5. The second-order valence-corrected chi connectivity index (χ2v) is 5.93. The number of anilines is 1. The molecule has 0 bridgehead atoms. The highest BCUT2D eigenvalue weighted by Crippen LogP contribution is 2.26. The van der Waals surface area contributed by atoms with Crippen LogP contribution in [0.4, 0.5) is 5.69 Å². The summed E-state index contributed by atoms with van der Waals surface area (Å²) in [6.07, 6.45) is 0.421. The number of ether oxygens (including phenoxy) is 1. The largest absolute Gasteiger partial charge is 0.461 e. The van der Waals surface area contributed by atoms with Crippen molar-refractivity contribution in [3.63, 3.8) is 0 Å². The van der Waals surface area contributed by atoms with Crippen LogP contribution in [0.1, 0.15) is 26.7 Å². The molecule has 1 aliphatic heterocycles. The Balaban J connectivity index is 2.00. The average molecular weight is 366 g/mol. The van der Waals surface area contributed by atoms with Crippen molar-refractivity contribution < 1.29 is 19.1 Å². The van der Waals surface area contributed by atoms with Crippen LogP contribution in [0.15, 0.2) is 29.4 Å². The zero-order valence-electron chi connectivity index (χ0n) is 14.1. The molecule has 1 heterocycles. The molecule has 1 atom stereocenters. The smallest absolute Gasteiger partial charge is 0.354 e. The first-order valence-corrected chi connectivity index (χ1v) is 8.43. The van der Waals surface area contributed by atoms with Gasteiger partial charge in [0.25, 0.3) is 0 Å². The molecule has 2 rings (SSSR count). The third kappa shape index (κ3) is 4.79. The van der Waals surface area contributed by atoms with Crippen molar-refractivity contribution in [2.45, 2.75) is 26.7 Å². The SMILES string of the molecule is CCOC(=O)/C(CC)=N/NC(=O)C1CC(=O)N(c2ccc(Cl)cc2)C1. The highest BCUT2D eigenvalue weighted by molar-refractivity contribution is 6.36. The lowest BCUT2D eigenvalue weighted by Gasteiger charge is -2.16. The van der Waals surface area contributed by atoms with E-state index in [1.54, 1.807) is 38.1 Å². The second kappa shape index (κ2) is 8.62. The Labute approximate surface area is 151 Å². The summed E-state index contributed by atoms with van der Waals surface area (Å²) in [7, 11) is 0. The van der Waals surface area contributed by atoms with Gasteiger partial charge in [-0.1, -0.05) is 18.5 Å². The van der Waals surface area contributed by atoms with E-state index in [4.69, 9.17) is 16.3 Å². The molecule has 1 saturated heterocycles. The predicted molar refractivity (Wildman–Crippen MR) is 94.4 cm³/mol. The van der Waals surface area contributed by atoms with Gasteiger partial charge in [0.05, 0.1) is 12.5 Å². The van der Waals surface area contributed by atoms with E-state index < -0.39 is 17.8 Å². The van der Waals surface area contributed by atoms with Crippen molar-refractivity contribution in [2.75, 3.05) is 18.1 Å². The lowest BCUT2D eigenvalue weighted by Crippen LogP contribution is -2.32. The maximum Gasteiger partial charge on any atom is 0.354 e. The van der Waals surface area contributed by atoms with E-state index in [0.717, 1.165) is 0 Å². The number of hydrazone groups is 1. The van der Waals surface area contributed by atoms with E-state index >= 15 is 0 Å². The maximum absolute atomic E-state index is 12.3. The minimum Gasteiger partial charge on any atom is -0.461 e. The third-order valence-electron chi connectivity index (χ3n) is 3.78. The first kappa shape index (κ1) is 18.9. The van der Waals surface area contributed by atoms with Gasteiger partial charge in [0.2, 0.25) is 11.8 Å². The van der Waals surface area contributed by atoms with Gasteiger partial charge < -0.3 is 9.64 Å². The number of hydrogen-bond donors (Lipinski definition) is 1. The summed E-state index contributed by atoms with van der Waals surface area (Å²) < 4.78 is 4.86. The van der Waals surface area contributed by atoms with Crippen LogP contribution < -0.4 is 10.3 Å². The molecule has 0 saturated carbocycles. The van der Waals surface area contributed by atoms with Crippen LogP contribution in [0, 0.1) is 5.92 Å². The molecule has 1 N–H and O–H groups in total. The molecule has 25 heavy (non-hydrogen) atoms. The molecule has 0 aromatic heterocycles. The normalized spacial score (nSPS) is 17.6. The number of esters is 1. The summed E-state index contributed by atoms with van der Waals surface area (Å²) in [5.41, 5.74) is 3.19. The molecule has 0 radical (unpaired) electrons. The van der Waals surface area contributed by atoms with Crippen molar-refractivity contribution in [1.29, 1.82) is 0 Å². The third-order valence-corrected chi connectivity index (χ3v) is 4.03. The zero-order chi connectivity index (χ0) is 18.4. The van der Waals surface area contributed by atoms with Crippen molar-refractivity contribution >= 4 is 40.8 Å². The van der Waals surface area contributed by atoms with Crippen LogP contribution in [0.25, 0.3) is 0 Å². The van der Waals surface area contributed by atoms with Gasteiger partial charge in [-0.15, -0.1) is 0 Å². The molecule has 1 aromatic carbocycles. The van der Waals surface area contributed by atoms with E-state index in [-0.39, 0.29) is 31.2 Å². The molecule has 0 aliphatic carbocycles. The van der Waals surface area contributed by atoms with Gasteiger partial charge in [-0.3, -0.25) is 9.59 Å². The zero-order valence-corrected chi connectivity index (χ0v) is 14.9. The van der Waals surface area contributed by atoms with E-state index in [1.165, 1.54) is 4.90 Å². The summed E-state index contributed by atoms with van der Waals surface area (Å²) >= 11 is 5.85. The van der Waals surface area contributed by atoms with Gasteiger partial charge in [0.1, 0.15) is 5.71 Å². The van der Waals surface area contributed by atoms with Crippen LogP contribution in [-0.2, 0) is 19.1 Å². The number of benzene rings is 1. The number of carbonyl (C=O) groups excluding carboxylic acids is 3. The van der Waals surface area contributed by atoms with Gasteiger partial charge >= 0.3 is 5.97 Å². The average Bonchev–Trinajstić information content (AvgIpc) is 2.98. The van der Waals surface area contributed by atoms with Gasteiger partial charge in [0.15, 0.2) is 0 Å². The van der Waals surface area contributed by atoms with E-state index in [2.05, 4.69) is 10.5 Å². The van der Waals surface area contributed by atoms with Crippen LogP contribution >= 0.6 is 11.6 Å². The highest BCUT2D eigenvalue weighted by Gasteiger charge is 2.35. The molecule has 1 aromatic rings. The summed E-state index contributed by atoms with van der Waals surface area (Å²) in [5, 5.41) is 4.41. The van der Waals surface area contributed by atoms with Crippen molar-refractivity contribution in [3.05, 3.63) is 29.3 Å². The summed E-state index contributed by atoms with van der Waals surface area (Å²) in [4.78, 5) is 37.6. The quantitative estimate of drug-likeness (QED) is 0.475. The van der Waals surface area contributed by atoms with Crippen LogP contribution in [0.2, 0.25) is 5.02 Å². The molecule has 2 amide bonds. The molecule has 1 unspecified atom stereocenters. The van der Waals surface area contributed by atoms with E-state index in [1.807, 2.05) is 0 Å². The Morgan fingerprint density at radius 2 is 2.00 bits per heavy atom. The fourth-order valence-corrected chi connectivity index (χ4v) is 2.58. The molecule has 7 nitrogen and oxygen atoms in total. The van der Waals surface area contributed by atoms with E-state index in [0.29, 0.717) is 17.1 Å². The van der Waals surface area contributed by atoms with Crippen molar-refractivity contribution in [3.8, 4) is 0 Å².